The van der Waals surface area contributed by atoms with E-state index in [4.69, 9.17) is 5.26 Å². The highest BCUT2D eigenvalue weighted by atomic mass is 32.1. The van der Waals surface area contributed by atoms with E-state index in [1.54, 1.807) is 29.7 Å². The molecule has 0 atom stereocenters. The summed E-state index contributed by atoms with van der Waals surface area (Å²) in [6.07, 6.45) is 6.18. The average Bonchev–Trinajstić information content (AvgIpc) is 3.11. The van der Waals surface area contributed by atoms with E-state index >= 15 is 0 Å². The zero-order chi connectivity index (χ0) is 19.2. The lowest BCUT2D eigenvalue weighted by Crippen LogP contribution is -2.38. The van der Waals surface area contributed by atoms with Gasteiger partial charge in [0.1, 0.15) is 5.82 Å². The van der Waals surface area contributed by atoms with Crippen LogP contribution >= 0.6 is 11.3 Å². The van der Waals surface area contributed by atoms with E-state index in [9.17, 15) is 4.79 Å². The maximum atomic E-state index is 12.7. The molecule has 2 aromatic heterocycles. The van der Waals surface area contributed by atoms with Crippen molar-refractivity contribution in [2.75, 3.05) is 18.9 Å². The molecule has 0 spiro atoms. The van der Waals surface area contributed by atoms with Gasteiger partial charge < -0.3 is 10.2 Å². The first-order valence-electron chi connectivity index (χ1n) is 9.33. The first-order chi connectivity index (χ1) is 13.1. The van der Waals surface area contributed by atoms with Crippen molar-refractivity contribution < 1.29 is 4.79 Å². The summed E-state index contributed by atoms with van der Waals surface area (Å²) in [6.45, 7) is 2.76. The molecule has 1 N–H and O–H groups in total. The molecule has 27 heavy (non-hydrogen) atoms. The summed E-state index contributed by atoms with van der Waals surface area (Å²) < 4.78 is 0. The van der Waals surface area contributed by atoms with Crippen molar-refractivity contribution in [2.24, 2.45) is 5.92 Å². The Morgan fingerprint density at radius 3 is 2.81 bits per heavy atom. The van der Waals surface area contributed by atoms with Crippen LogP contribution in [-0.4, -0.2) is 40.4 Å². The SMILES string of the molecule is Cc1ncsc1CCN(C)C(=O)C1CCC(Nc2cc(C#N)ccn2)CC1. The topological polar surface area (TPSA) is 81.9 Å². The number of carbonyl (C=O) groups excluding carboxylic acids is 1. The highest BCUT2D eigenvalue weighted by molar-refractivity contribution is 7.09. The molecule has 0 saturated heterocycles. The van der Waals surface area contributed by atoms with E-state index in [1.165, 1.54) is 4.88 Å². The minimum atomic E-state index is 0.106. The third-order valence-electron chi connectivity index (χ3n) is 5.21. The fraction of sp³-hybridized carbons (Fsp3) is 0.500. The first kappa shape index (κ1) is 19.3. The Morgan fingerprint density at radius 2 is 2.15 bits per heavy atom. The summed E-state index contributed by atoms with van der Waals surface area (Å²) in [5.74, 6) is 1.09. The highest BCUT2D eigenvalue weighted by Gasteiger charge is 2.28. The summed E-state index contributed by atoms with van der Waals surface area (Å²) >= 11 is 1.66. The van der Waals surface area contributed by atoms with Crippen molar-refractivity contribution in [1.82, 2.24) is 14.9 Å². The van der Waals surface area contributed by atoms with Gasteiger partial charge in [-0.05, 0) is 44.7 Å². The van der Waals surface area contributed by atoms with Crippen molar-refractivity contribution in [3.63, 3.8) is 0 Å². The van der Waals surface area contributed by atoms with Crippen LogP contribution in [0.2, 0.25) is 0 Å². The van der Waals surface area contributed by atoms with Gasteiger partial charge in [-0.3, -0.25) is 4.79 Å². The van der Waals surface area contributed by atoms with Crippen LogP contribution in [0, 0.1) is 24.2 Å². The summed E-state index contributed by atoms with van der Waals surface area (Å²) in [7, 11) is 1.90. The number of hydrogen-bond acceptors (Lipinski definition) is 6. The van der Waals surface area contributed by atoms with Crippen molar-refractivity contribution in [2.45, 2.75) is 45.1 Å². The van der Waals surface area contributed by atoms with Gasteiger partial charge in [0, 0.05) is 43.0 Å². The highest BCUT2D eigenvalue weighted by Crippen LogP contribution is 2.28. The molecular weight excluding hydrogens is 358 g/mol. The van der Waals surface area contributed by atoms with Crippen LogP contribution in [0.3, 0.4) is 0 Å². The molecule has 7 heteroatoms. The van der Waals surface area contributed by atoms with Crippen LogP contribution in [0.5, 0.6) is 0 Å². The van der Waals surface area contributed by atoms with Gasteiger partial charge in [0.15, 0.2) is 0 Å². The third kappa shape index (κ3) is 5.04. The van der Waals surface area contributed by atoms with E-state index in [1.807, 2.05) is 24.4 Å². The van der Waals surface area contributed by atoms with E-state index in [2.05, 4.69) is 21.4 Å². The fourth-order valence-electron chi connectivity index (χ4n) is 3.53. The molecule has 0 aromatic carbocycles. The maximum Gasteiger partial charge on any atom is 0.225 e. The second-order valence-corrected chi connectivity index (χ2v) is 8.04. The number of nitrogens with zero attached hydrogens (tertiary/aromatic N) is 4. The van der Waals surface area contributed by atoms with Crippen molar-refractivity contribution in [3.8, 4) is 6.07 Å². The number of nitrogens with one attached hydrogen (secondary N) is 1. The number of aromatic nitrogens is 2. The smallest absolute Gasteiger partial charge is 0.225 e. The second-order valence-electron chi connectivity index (χ2n) is 7.11. The number of rotatable bonds is 6. The summed E-state index contributed by atoms with van der Waals surface area (Å²) in [6, 6.07) is 5.91. The zero-order valence-electron chi connectivity index (χ0n) is 15.8. The molecule has 2 aromatic rings. The lowest BCUT2D eigenvalue weighted by Gasteiger charge is -2.31. The molecule has 142 valence electrons. The minimum Gasteiger partial charge on any atom is -0.367 e. The van der Waals surface area contributed by atoms with E-state index < -0.39 is 0 Å². The van der Waals surface area contributed by atoms with Crippen LogP contribution in [0.1, 0.15) is 41.8 Å². The predicted octanol–water partition coefficient (Wildman–Crippen LogP) is 3.39. The van der Waals surface area contributed by atoms with Gasteiger partial charge in [0.05, 0.1) is 22.8 Å². The Hall–Kier alpha value is -2.46. The van der Waals surface area contributed by atoms with Gasteiger partial charge in [0.2, 0.25) is 5.91 Å². The maximum absolute atomic E-state index is 12.7. The molecule has 1 aliphatic carbocycles. The summed E-state index contributed by atoms with van der Waals surface area (Å²) in [5.41, 5.74) is 3.54. The van der Waals surface area contributed by atoms with Crippen LogP contribution in [-0.2, 0) is 11.2 Å². The van der Waals surface area contributed by atoms with Crippen LogP contribution in [0.15, 0.2) is 23.8 Å². The van der Waals surface area contributed by atoms with Gasteiger partial charge in [-0.25, -0.2) is 9.97 Å². The van der Waals surface area contributed by atoms with Crippen molar-refractivity contribution in [3.05, 3.63) is 40.0 Å². The molecule has 1 amide bonds. The Morgan fingerprint density at radius 1 is 1.37 bits per heavy atom. The molecule has 1 saturated carbocycles. The van der Waals surface area contributed by atoms with Crippen molar-refractivity contribution >= 4 is 23.1 Å². The standard InChI is InChI=1S/C20H25N5OS/c1-14-18(27-13-23-14)8-10-25(2)20(26)16-3-5-17(6-4-16)24-19-11-15(12-21)7-9-22-19/h7,9,11,13,16-17H,3-6,8,10H2,1-2H3,(H,22,24). The number of aryl methyl sites for hydroxylation is 1. The molecule has 0 unspecified atom stereocenters. The Bertz CT molecular complexity index is 820. The number of hydrogen-bond donors (Lipinski definition) is 1. The monoisotopic (exact) mass is 383 g/mol. The molecule has 0 aliphatic heterocycles. The van der Waals surface area contributed by atoms with E-state index in [0.717, 1.165) is 50.2 Å². The molecule has 0 bridgehead atoms. The van der Waals surface area contributed by atoms with Gasteiger partial charge in [0.25, 0.3) is 0 Å². The number of amides is 1. The van der Waals surface area contributed by atoms with Gasteiger partial charge in [-0.15, -0.1) is 11.3 Å². The minimum absolute atomic E-state index is 0.106. The number of nitriles is 1. The molecule has 1 fully saturated rings. The number of anilines is 1. The van der Waals surface area contributed by atoms with Crippen LogP contribution in [0.25, 0.3) is 0 Å². The van der Waals surface area contributed by atoms with E-state index in [-0.39, 0.29) is 11.8 Å². The molecule has 1 aliphatic rings. The Balaban J connectivity index is 1.45. The molecule has 6 nitrogen and oxygen atoms in total. The number of likely N-dealkylation sites (N-methyl/N-ethyl adjacent to an activating group) is 1. The van der Waals surface area contributed by atoms with Crippen molar-refractivity contribution in [1.29, 1.82) is 5.26 Å². The largest absolute Gasteiger partial charge is 0.367 e. The molecule has 2 heterocycles. The van der Waals surface area contributed by atoms with Gasteiger partial charge >= 0.3 is 0 Å². The van der Waals surface area contributed by atoms with Gasteiger partial charge in [-0.1, -0.05) is 0 Å². The Kier molecular flexibility index (Phi) is 6.40. The summed E-state index contributed by atoms with van der Waals surface area (Å²) in [4.78, 5) is 24.4. The lowest BCUT2D eigenvalue weighted by atomic mass is 9.85. The van der Waals surface area contributed by atoms with E-state index in [0.29, 0.717) is 11.6 Å². The number of thiazole rings is 1. The van der Waals surface area contributed by atoms with Crippen LogP contribution < -0.4 is 5.32 Å². The van der Waals surface area contributed by atoms with Gasteiger partial charge in [-0.2, -0.15) is 5.26 Å². The first-order valence-corrected chi connectivity index (χ1v) is 10.2. The molecule has 3 rings (SSSR count). The molecular formula is C20H25N5OS. The third-order valence-corrected chi connectivity index (χ3v) is 6.21. The normalized spacial score (nSPS) is 19.3. The predicted molar refractivity (Wildman–Crippen MR) is 107 cm³/mol. The number of pyridine rings is 1. The molecule has 0 radical (unpaired) electrons. The quantitative estimate of drug-likeness (QED) is 0.827. The zero-order valence-corrected chi connectivity index (χ0v) is 16.6. The fourth-order valence-corrected chi connectivity index (χ4v) is 4.30. The summed E-state index contributed by atoms with van der Waals surface area (Å²) in [5, 5.41) is 12.4. The lowest BCUT2D eigenvalue weighted by molar-refractivity contribution is -0.135. The Labute approximate surface area is 164 Å². The second kappa shape index (κ2) is 8.96. The number of carbonyl (C=O) groups is 1. The van der Waals surface area contributed by atoms with Crippen LogP contribution in [0.4, 0.5) is 5.82 Å². The average molecular weight is 384 g/mol.